The van der Waals surface area contributed by atoms with Crippen molar-refractivity contribution in [3.63, 3.8) is 0 Å². The molecule has 27 heavy (non-hydrogen) atoms. The van der Waals surface area contributed by atoms with Crippen molar-refractivity contribution in [2.75, 3.05) is 18.0 Å². The number of nitrogens with zero attached hydrogens (tertiary/aromatic N) is 2. The van der Waals surface area contributed by atoms with Gasteiger partial charge in [-0.25, -0.2) is 9.78 Å². The first kappa shape index (κ1) is 19.0. The van der Waals surface area contributed by atoms with Crippen molar-refractivity contribution >= 4 is 28.4 Å². The average molecular weight is 396 g/mol. The largest absolute Gasteiger partial charge is 0.434 e. The van der Waals surface area contributed by atoms with E-state index in [1.54, 1.807) is 30.5 Å². The van der Waals surface area contributed by atoms with Crippen molar-refractivity contribution in [1.82, 2.24) is 15.6 Å². The zero-order valence-corrected chi connectivity index (χ0v) is 15.3. The number of nitrogens with one attached hydrogen (secondary N) is 2. The van der Waals surface area contributed by atoms with E-state index in [1.165, 1.54) is 22.3 Å². The number of thiazole rings is 1. The van der Waals surface area contributed by atoms with E-state index in [0.29, 0.717) is 29.5 Å². The minimum absolute atomic E-state index is 0.0220. The lowest BCUT2D eigenvalue weighted by atomic mass is 10.1. The summed E-state index contributed by atoms with van der Waals surface area (Å²) in [6.45, 7) is -0.153. The third-order valence-corrected chi connectivity index (χ3v) is 4.86. The third-order valence-electron chi connectivity index (χ3n) is 3.95. The number of rotatable bonds is 7. The molecule has 1 aromatic heterocycles. The Bertz CT molecular complexity index is 830. The molecule has 3 amide bonds. The fraction of sp³-hybridized carbons (Fsp3) is 0.353. The molecule has 0 bridgehead atoms. The van der Waals surface area contributed by atoms with Crippen LogP contribution in [0.25, 0.3) is 0 Å². The normalized spacial score (nSPS) is 15.0. The van der Waals surface area contributed by atoms with Crippen LogP contribution in [-0.4, -0.2) is 36.6 Å². The number of halogens is 2. The highest BCUT2D eigenvalue weighted by Gasteiger charge is 2.24. The number of ether oxygens (including phenoxy) is 1. The second kappa shape index (κ2) is 8.30. The van der Waals surface area contributed by atoms with Crippen molar-refractivity contribution in [2.45, 2.75) is 26.0 Å². The maximum Gasteiger partial charge on any atom is 0.387 e. The lowest BCUT2D eigenvalue weighted by Crippen LogP contribution is -2.29. The Balaban J connectivity index is 1.61. The fourth-order valence-electron chi connectivity index (χ4n) is 2.73. The molecule has 1 saturated heterocycles. The molecule has 1 atom stereocenters. The quantitative estimate of drug-likeness (QED) is 0.754. The summed E-state index contributed by atoms with van der Waals surface area (Å²) < 4.78 is 29.5. The molecule has 1 fully saturated rings. The van der Waals surface area contributed by atoms with Gasteiger partial charge in [-0.05, 0) is 13.0 Å². The van der Waals surface area contributed by atoms with Crippen LogP contribution >= 0.6 is 11.3 Å². The van der Waals surface area contributed by atoms with Gasteiger partial charge in [-0.2, -0.15) is 8.78 Å². The van der Waals surface area contributed by atoms with Gasteiger partial charge in [-0.3, -0.25) is 9.69 Å². The highest BCUT2D eigenvalue weighted by Crippen LogP contribution is 2.27. The van der Waals surface area contributed by atoms with Gasteiger partial charge in [0.25, 0.3) is 0 Å². The summed E-state index contributed by atoms with van der Waals surface area (Å²) in [5, 5.41) is 7.70. The lowest BCUT2D eigenvalue weighted by Gasteiger charge is -2.17. The van der Waals surface area contributed by atoms with Crippen molar-refractivity contribution in [2.24, 2.45) is 0 Å². The van der Waals surface area contributed by atoms with E-state index in [1.807, 2.05) is 0 Å². The minimum Gasteiger partial charge on any atom is -0.434 e. The van der Waals surface area contributed by atoms with E-state index in [9.17, 15) is 18.4 Å². The molecule has 1 aliphatic heterocycles. The summed E-state index contributed by atoms with van der Waals surface area (Å²) in [6, 6.07) is 5.60. The highest BCUT2D eigenvalue weighted by atomic mass is 32.1. The SMILES string of the molecule is CC(NC(=O)Cc1csc(N2CCNC2=O)n1)c1ccccc1OC(F)F. The minimum atomic E-state index is -2.94. The average Bonchev–Trinajstić information content (AvgIpc) is 3.23. The summed E-state index contributed by atoms with van der Waals surface area (Å²) >= 11 is 1.29. The van der Waals surface area contributed by atoms with Gasteiger partial charge in [-0.15, -0.1) is 11.3 Å². The number of hydrogen-bond acceptors (Lipinski definition) is 5. The first-order valence-electron chi connectivity index (χ1n) is 8.27. The molecule has 0 spiro atoms. The maximum absolute atomic E-state index is 12.5. The Morgan fingerprint density at radius 3 is 2.93 bits per heavy atom. The monoisotopic (exact) mass is 396 g/mol. The number of urea groups is 1. The first-order valence-corrected chi connectivity index (χ1v) is 9.15. The van der Waals surface area contributed by atoms with Crippen molar-refractivity contribution < 1.29 is 23.1 Å². The molecular formula is C17H18F2N4O3S. The Labute approximate surface area is 158 Å². The Kier molecular flexibility index (Phi) is 5.84. The molecule has 2 N–H and O–H groups in total. The molecule has 1 aliphatic rings. The molecule has 0 radical (unpaired) electrons. The van der Waals surface area contributed by atoms with Gasteiger partial charge in [0.2, 0.25) is 5.91 Å². The van der Waals surface area contributed by atoms with Crippen LogP contribution in [0.5, 0.6) is 5.75 Å². The van der Waals surface area contributed by atoms with Crippen LogP contribution in [0.4, 0.5) is 18.7 Å². The van der Waals surface area contributed by atoms with Crippen LogP contribution in [0.15, 0.2) is 29.6 Å². The Morgan fingerprint density at radius 2 is 2.22 bits per heavy atom. The van der Waals surface area contributed by atoms with Gasteiger partial charge in [0.1, 0.15) is 5.75 Å². The lowest BCUT2D eigenvalue weighted by molar-refractivity contribution is -0.121. The number of alkyl halides is 2. The van der Waals surface area contributed by atoms with Crippen molar-refractivity contribution in [1.29, 1.82) is 0 Å². The third kappa shape index (κ3) is 4.70. The van der Waals surface area contributed by atoms with Crippen molar-refractivity contribution in [3.8, 4) is 5.75 Å². The van der Waals surface area contributed by atoms with Crippen molar-refractivity contribution in [3.05, 3.63) is 40.9 Å². The van der Waals surface area contributed by atoms with Gasteiger partial charge < -0.3 is 15.4 Å². The fourth-order valence-corrected chi connectivity index (χ4v) is 3.58. The zero-order chi connectivity index (χ0) is 19.4. The molecule has 7 nitrogen and oxygen atoms in total. The van der Waals surface area contributed by atoms with Gasteiger partial charge in [-0.1, -0.05) is 18.2 Å². The molecule has 2 aromatic rings. The number of aromatic nitrogens is 1. The zero-order valence-electron chi connectivity index (χ0n) is 14.4. The number of benzene rings is 1. The topological polar surface area (TPSA) is 83.6 Å². The molecule has 1 aromatic carbocycles. The smallest absolute Gasteiger partial charge is 0.387 e. The van der Waals surface area contributed by atoms with Crippen LogP contribution in [0.3, 0.4) is 0 Å². The predicted octanol–water partition coefficient (Wildman–Crippen LogP) is 2.69. The number of hydrogen-bond donors (Lipinski definition) is 2. The second-order valence-corrected chi connectivity index (χ2v) is 6.72. The van der Waals surface area contributed by atoms with E-state index in [4.69, 9.17) is 0 Å². The van der Waals surface area contributed by atoms with E-state index < -0.39 is 12.7 Å². The molecule has 1 unspecified atom stereocenters. The summed E-state index contributed by atoms with van der Waals surface area (Å²) in [7, 11) is 0. The second-order valence-electron chi connectivity index (χ2n) is 5.89. The summed E-state index contributed by atoms with van der Waals surface area (Å²) in [5.74, 6) is -0.284. The van der Waals surface area contributed by atoms with Crippen LogP contribution in [0.2, 0.25) is 0 Å². The number of amides is 3. The molecule has 0 aliphatic carbocycles. The van der Waals surface area contributed by atoms with Gasteiger partial charge in [0.15, 0.2) is 5.13 Å². The van der Waals surface area contributed by atoms with Gasteiger partial charge >= 0.3 is 12.6 Å². The Morgan fingerprint density at radius 1 is 1.44 bits per heavy atom. The summed E-state index contributed by atoms with van der Waals surface area (Å²) in [4.78, 5) is 29.8. The number of anilines is 1. The predicted molar refractivity (Wildman–Crippen MR) is 96.2 cm³/mol. The van der Waals surface area contributed by atoms with Gasteiger partial charge in [0.05, 0.1) is 18.2 Å². The number of carbonyl (C=O) groups excluding carboxylic acids is 2. The van der Waals surface area contributed by atoms with Crippen LogP contribution in [-0.2, 0) is 11.2 Å². The van der Waals surface area contributed by atoms with E-state index in [0.717, 1.165) is 0 Å². The van der Waals surface area contributed by atoms with Crippen LogP contribution in [0.1, 0.15) is 24.2 Å². The van der Waals surface area contributed by atoms with E-state index in [2.05, 4.69) is 20.4 Å². The Hall–Kier alpha value is -2.75. The summed E-state index contributed by atoms with van der Waals surface area (Å²) in [5.41, 5.74) is 0.996. The van der Waals surface area contributed by atoms with Gasteiger partial charge in [0, 0.05) is 24.0 Å². The molecule has 3 rings (SSSR count). The van der Waals surface area contributed by atoms with Crippen LogP contribution < -0.4 is 20.3 Å². The molecule has 0 saturated carbocycles. The number of para-hydroxylation sites is 1. The molecule has 2 heterocycles. The van der Waals surface area contributed by atoms with E-state index >= 15 is 0 Å². The molecule has 144 valence electrons. The highest BCUT2D eigenvalue weighted by molar-refractivity contribution is 7.14. The molecule has 10 heteroatoms. The molecular weight excluding hydrogens is 378 g/mol. The number of carbonyl (C=O) groups is 2. The standard InChI is InChI=1S/C17H18F2N4O3S/c1-10(12-4-2-3-5-13(12)26-15(18)19)21-14(24)8-11-9-27-17(22-11)23-7-6-20-16(23)25/h2-5,9-10,15H,6-8H2,1H3,(H,20,25)(H,21,24). The summed E-state index contributed by atoms with van der Waals surface area (Å²) in [6.07, 6.45) is 0.0220. The van der Waals surface area contributed by atoms with E-state index in [-0.39, 0.29) is 24.1 Å². The maximum atomic E-state index is 12.5. The van der Waals surface area contributed by atoms with Crippen LogP contribution in [0, 0.1) is 0 Å². The first-order chi connectivity index (χ1) is 12.9.